The molecule has 0 fully saturated rings. The predicted octanol–water partition coefficient (Wildman–Crippen LogP) is 2.20. The fourth-order valence-corrected chi connectivity index (χ4v) is 2.76. The van der Waals surface area contributed by atoms with Gasteiger partial charge >= 0.3 is 5.97 Å². The van der Waals surface area contributed by atoms with E-state index >= 15 is 0 Å². The Morgan fingerprint density at radius 2 is 2.33 bits per heavy atom. The van der Waals surface area contributed by atoms with Crippen molar-refractivity contribution in [1.82, 2.24) is 4.98 Å². The Bertz CT molecular complexity index is 403. The average molecular weight is 233 g/mol. The zero-order valence-electron chi connectivity index (χ0n) is 7.80. The van der Waals surface area contributed by atoms with Gasteiger partial charge in [-0.3, -0.25) is 4.79 Å². The van der Waals surface area contributed by atoms with Gasteiger partial charge in [0.25, 0.3) is 5.92 Å². The smallest absolute Gasteiger partial charge is 0.310 e. The maximum absolute atomic E-state index is 13.4. The second-order valence-corrected chi connectivity index (χ2v) is 4.60. The van der Waals surface area contributed by atoms with Crippen LogP contribution in [0.2, 0.25) is 0 Å². The molecule has 82 valence electrons. The molecule has 0 saturated carbocycles. The number of aliphatic carboxylic acids is 1. The van der Waals surface area contributed by atoms with E-state index < -0.39 is 11.9 Å². The van der Waals surface area contributed by atoms with Crippen molar-refractivity contribution in [3.63, 3.8) is 0 Å². The largest absolute Gasteiger partial charge is 0.481 e. The lowest BCUT2D eigenvalue weighted by Crippen LogP contribution is -2.18. The number of halogens is 2. The van der Waals surface area contributed by atoms with E-state index in [1.54, 1.807) is 0 Å². The van der Waals surface area contributed by atoms with Crippen LogP contribution in [0.4, 0.5) is 8.78 Å². The lowest BCUT2D eigenvalue weighted by atomic mass is 10.00. The lowest BCUT2D eigenvalue weighted by Gasteiger charge is -2.19. The predicted molar refractivity (Wildman–Crippen MR) is 50.3 cm³/mol. The zero-order valence-corrected chi connectivity index (χ0v) is 8.61. The first-order valence-corrected chi connectivity index (χ1v) is 5.39. The van der Waals surface area contributed by atoms with Crippen LogP contribution in [0.15, 0.2) is 0 Å². The van der Waals surface area contributed by atoms with Gasteiger partial charge in [-0.15, -0.1) is 11.3 Å². The van der Waals surface area contributed by atoms with Crippen molar-refractivity contribution in [2.45, 2.75) is 31.6 Å². The summed E-state index contributed by atoms with van der Waals surface area (Å²) < 4.78 is 26.7. The van der Waals surface area contributed by atoms with E-state index in [0.717, 1.165) is 11.3 Å². The average Bonchev–Trinajstić information content (AvgIpc) is 2.46. The molecule has 1 N–H and O–H groups in total. The van der Waals surface area contributed by atoms with Crippen LogP contribution in [0, 0.1) is 0 Å². The molecule has 6 heteroatoms. The number of carboxylic acid groups (broad SMARTS) is 1. The Balaban J connectivity index is 2.33. The van der Waals surface area contributed by atoms with E-state index in [1.165, 1.54) is 0 Å². The van der Waals surface area contributed by atoms with Crippen molar-refractivity contribution in [2.75, 3.05) is 0 Å². The number of nitrogens with zero attached hydrogens (tertiary/aromatic N) is 1. The molecule has 1 aromatic rings. The highest BCUT2D eigenvalue weighted by atomic mass is 32.1. The first-order chi connectivity index (χ1) is 6.99. The highest BCUT2D eigenvalue weighted by Gasteiger charge is 2.39. The fraction of sp³-hybridized carbons (Fsp3) is 0.556. The van der Waals surface area contributed by atoms with E-state index in [9.17, 15) is 13.6 Å². The topological polar surface area (TPSA) is 50.2 Å². The third kappa shape index (κ3) is 1.99. The van der Waals surface area contributed by atoms with Gasteiger partial charge in [0.05, 0.1) is 17.0 Å². The molecule has 1 aliphatic rings. The molecular weight excluding hydrogens is 224 g/mol. The number of aromatic nitrogens is 1. The minimum Gasteiger partial charge on any atom is -0.481 e. The molecule has 2 rings (SSSR count). The molecule has 1 heterocycles. The van der Waals surface area contributed by atoms with Crippen molar-refractivity contribution in [1.29, 1.82) is 0 Å². The number of hydrogen-bond donors (Lipinski definition) is 1. The van der Waals surface area contributed by atoms with Crippen LogP contribution in [0.1, 0.15) is 28.4 Å². The van der Waals surface area contributed by atoms with Gasteiger partial charge in [0.2, 0.25) is 0 Å². The fourth-order valence-electron chi connectivity index (χ4n) is 1.65. The van der Waals surface area contributed by atoms with E-state index in [0.29, 0.717) is 18.5 Å². The zero-order chi connectivity index (χ0) is 11.1. The summed E-state index contributed by atoms with van der Waals surface area (Å²) in [6.07, 6.45) is 0.514. The monoisotopic (exact) mass is 233 g/mol. The quantitative estimate of drug-likeness (QED) is 0.851. The van der Waals surface area contributed by atoms with Crippen LogP contribution < -0.4 is 0 Å². The summed E-state index contributed by atoms with van der Waals surface area (Å²) >= 11 is 0.829. The molecule has 3 nitrogen and oxygen atoms in total. The molecule has 0 unspecified atom stereocenters. The lowest BCUT2D eigenvalue weighted by molar-refractivity contribution is -0.136. The van der Waals surface area contributed by atoms with E-state index in [1.807, 2.05) is 0 Å². The summed E-state index contributed by atoms with van der Waals surface area (Å²) in [4.78, 5) is 14.3. The Morgan fingerprint density at radius 1 is 1.60 bits per heavy atom. The van der Waals surface area contributed by atoms with Crippen LogP contribution in [-0.4, -0.2) is 16.1 Å². The number of thiazole rings is 1. The van der Waals surface area contributed by atoms with Gasteiger partial charge in [-0.1, -0.05) is 0 Å². The molecule has 0 radical (unpaired) electrons. The standard InChI is InChI=1S/C9H9F2NO2S/c10-9(11)3-1-2-5-8(9)15-6(12-5)4-7(13)14/h1-4H2,(H,13,14). The van der Waals surface area contributed by atoms with Gasteiger partial charge in [-0.05, 0) is 12.8 Å². The van der Waals surface area contributed by atoms with Crippen molar-refractivity contribution in [3.05, 3.63) is 15.6 Å². The molecule has 0 saturated heterocycles. The van der Waals surface area contributed by atoms with Crippen LogP contribution in [0.25, 0.3) is 0 Å². The molecule has 1 aliphatic carbocycles. The van der Waals surface area contributed by atoms with Crippen molar-refractivity contribution >= 4 is 17.3 Å². The Hall–Kier alpha value is -1.04. The SMILES string of the molecule is O=C(O)Cc1nc2c(s1)C(F)(F)CCC2. The Labute approximate surface area is 88.8 Å². The van der Waals surface area contributed by atoms with Gasteiger partial charge in [0, 0.05) is 6.42 Å². The van der Waals surface area contributed by atoms with Crippen molar-refractivity contribution in [2.24, 2.45) is 0 Å². The minimum absolute atomic E-state index is 0.0370. The summed E-state index contributed by atoms with van der Waals surface area (Å²) in [5.41, 5.74) is 0.382. The Kier molecular flexibility index (Phi) is 2.46. The molecule has 0 atom stereocenters. The van der Waals surface area contributed by atoms with E-state index in [2.05, 4.69) is 4.98 Å². The number of hydrogen-bond acceptors (Lipinski definition) is 3. The summed E-state index contributed by atoms with van der Waals surface area (Å²) in [7, 11) is 0. The molecule has 1 aromatic heterocycles. The highest BCUT2D eigenvalue weighted by Crippen LogP contribution is 2.43. The molecule has 15 heavy (non-hydrogen) atoms. The maximum atomic E-state index is 13.4. The normalized spacial score (nSPS) is 18.5. The molecule has 0 spiro atoms. The van der Waals surface area contributed by atoms with Gasteiger partial charge in [-0.2, -0.15) is 0 Å². The third-order valence-electron chi connectivity index (χ3n) is 2.28. The van der Waals surface area contributed by atoms with E-state index in [4.69, 9.17) is 5.11 Å². The van der Waals surface area contributed by atoms with Crippen molar-refractivity contribution < 1.29 is 18.7 Å². The Morgan fingerprint density at radius 3 is 2.93 bits per heavy atom. The van der Waals surface area contributed by atoms with Gasteiger partial charge < -0.3 is 5.11 Å². The number of alkyl halides is 2. The minimum atomic E-state index is -2.82. The van der Waals surface area contributed by atoms with Crippen molar-refractivity contribution in [3.8, 4) is 0 Å². The number of fused-ring (bicyclic) bond motifs is 1. The molecular formula is C9H9F2NO2S. The number of aryl methyl sites for hydroxylation is 1. The number of rotatable bonds is 2. The van der Waals surface area contributed by atoms with Crippen LogP contribution in [0.3, 0.4) is 0 Å². The number of carbonyl (C=O) groups is 1. The number of carboxylic acids is 1. The third-order valence-corrected chi connectivity index (χ3v) is 3.49. The summed E-state index contributed by atoms with van der Waals surface area (Å²) in [5, 5.41) is 8.81. The van der Waals surface area contributed by atoms with Gasteiger partial charge in [-0.25, -0.2) is 13.8 Å². The van der Waals surface area contributed by atoms with Crippen LogP contribution in [0.5, 0.6) is 0 Å². The second kappa shape index (κ2) is 3.52. The molecule has 0 amide bonds. The first-order valence-electron chi connectivity index (χ1n) is 4.58. The maximum Gasteiger partial charge on any atom is 0.310 e. The van der Waals surface area contributed by atoms with E-state index in [-0.39, 0.29) is 22.7 Å². The van der Waals surface area contributed by atoms with Gasteiger partial charge in [0.15, 0.2) is 0 Å². The van der Waals surface area contributed by atoms with Crippen LogP contribution in [-0.2, 0) is 23.6 Å². The second-order valence-electron chi connectivity index (χ2n) is 3.51. The molecule has 0 aromatic carbocycles. The summed E-state index contributed by atoms with van der Waals surface area (Å²) in [6, 6.07) is 0. The highest BCUT2D eigenvalue weighted by molar-refractivity contribution is 7.12. The first kappa shape index (κ1) is 10.5. The summed E-state index contributed by atoms with van der Waals surface area (Å²) in [6.45, 7) is 0. The molecule has 0 bridgehead atoms. The summed E-state index contributed by atoms with van der Waals surface area (Å²) in [5.74, 6) is -3.86. The van der Waals surface area contributed by atoms with Gasteiger partial charge in [0.1, 0.15) is 5.01 Å². The molecule has 0 aliphatic heterocycles. The van der Waals surface area contributed by atoms with Crippen LogP contribution >= 0.6 is 11.3 Å².